The SMILES string of the molecule is O=C(CCOCCOCCOCCOCCc1ccc(Br)cc1)ON1C(=O)CCC1=O. The lowest BCUT2D eigenvalue weighted by Crippen LogP contribution is -2.32. The zero-order valence-corrected chi connectivity index (χ0v) is 19.0. The van der Waals surface area contributed by atoms with Gasteiger partial charge in [-0.2, -0.15) is 0 Å². The Morgan fingerprint density at radius 1 is 0.774 bits per heavy atom. The van der Waals surface area contributed by atoms with Crippen LogP contribution in [0.5, 0.6) is 0 Å². The molecule has 1 aromatic carbocycles. The van der Waals surface area contributed by atoms with Gasteiger partial charge in [0, 0.05) is 17.3 Å². The summed E-state index contributed by atoms with van der Waals surface area (Å²) in [5.41, 5.74) is 1.23. The Balaban J connectivity index is 1.31. The second-order valence-corrected chi connectivity index (χ2v) is 7.54. The molecular weight excluding hydrogens is 474 g/mol. The molecule has 31 heavy (non-hydrogen) atoms. The van der Waals surface area contributed by atoms with Crippen molar-refractivity contribution in [2.24, 2.45) is 0 Å². The first-order valence-electron chi connectivity index (χ1n) is 10.2. The van der Waals surface area contributed by atoms with E-state index in [1.54, 1.807) is 0 Å². The maximum absolute atomic E-state index is 11.6. The maximum atomic E-state index is 11.6. The van der Waals surface area contributed by atoms with Gasteiger partial charge in [0.1, 0.15) is 0 Å². The number of carbonyl (C=O) groups is 3. The van der Waals surface area contributed by atoms with Crippen molar-refractivity contribution in [3.63, 3.8) is 0 Å². The Labute approximate surface area is 190 Å². The highest BCUT2D eigenvalue weighted by atomic mass is 79.9. The van der Waals surface area contributed by atoms with Crippen molar-refractivity contribution in [1.82, 2.24) is 5.06 Å². The monoisotopic (exact) mass is 501 g/mol. The van der Waals surface area contributed by atoms with E-state index in [1.807, 2.05) is 12.1 Å². The fourth-order valence-electron chi connectivity index (χ4n) is 2.56. The van der Waals surface area contributed by atoms with Crippen LogP contribution in [0.1, 0.15) is 24.8 Å². The van der Waals surface area contributed by atoms with E-state index < -0.39 is 17.8 Å². The maximum Gasteiger partial charge on any atom is 0.335 e. The average molecular weight is 502 g/mol. The number of hydroxylamine groups is 2. The molecule has 0 atom stereocenters. The van der Waals surface area contributed by atoms with Crippen LogP contribution in [0.4, 0.5) is 0 Å². The lowest BCUT2D eigenvalue weighted by Gasteiger charge is -2.12. The third kappa shape index (κ3) is 10.8. The zero-order valence-electron chi connectivity index (χ0n) is 17.4. The van der Waals surface area contributed by atoms with E-state index in [4.69, 9.17) is 23.8 Å². The van der Waals surface area contributed by atoms with Gasteiger partial charge in [0.05, 0.1) is 59.3 Å². The van der Waals surface area contributed by atoms with Crippen molar-refractivity contribution in [1.29, 1.82) is 0 Å². The molecule has 0 aliphatic carbocycles. The van der Waals surface area contributed by atoms with Crippen molar-refractivity contribution < 1.29 is 38.2 Å². The molecule has 10 heteroatoms. The Kier molecular flexibility index (Phi) is 12.3. The van der Waals surface area contributed by atoms with Crippen molar-refractivity contribution in [2.45, 2.75) is 25.7 Å². The van der Waals surface area contributed by atoms with Gasteiger partial charge in [-0.1, -0.05) is 28.1 Å². The number of ether oxygens (including phenoxy) is 4. The van der Waals surface area contributed by atoms with Gasteiger partial charge in [-0.3, -0.25) is 9.59 Å². The smallest absolute Gasteiger partial charge is 0.335 e. The summed E-state index contributed by atoms with van der Waals surface area (Å²) in [5.74, 6) is -1.68. The Morgan fingerprint density at radius 3 is 1.81 bits per heavy atom. The molecule has 1 aromatic rings. The van der Waals surface area contributed by atoms with Crippen LogP contribution >= 0.6 is 15.9 Å². The van der Waals surface area contributed by atoms with E-state index >= 15 is 0 Å². The summed E-state index contributed by atoms with van der Waals surface area (Å²) < 4.78 is 22.6. The fraction of sp³-hybridized carbons (Fsp3) is 0.571. The third-order valence-electron chi connectivity index (χ3n) is 4.21. The molecule has 1 fully saturated rings. The number of carbonyl (C=O) groups excluding carboxylic acids is 3. The molecule has 2 amide bonds. The van der Waals surface area contributed by atoms with Gasteiger partial charge in [0.2, 0.25) is 0 Å². The normalized spacial score (nSPS) is 13.8. The summed E-state index contributed by atoms with van der Waals surface area (Å²) in [7, 11) is 0. The number of halogens is 1. The van der Waals surface area contributed by atoms with Gasteiger partial charge in [-0.25, -0.2) is 4.79 Å². The molecule has 2 rings (SSSR count). The van der Waals surface area contributed by atoms with Gasteiger partial charge >= 0.3 is 5.97 Å². The molecule has 1 saturated heterocycles. The van der Waals surface area contributed by atoms with Gasteiger partial charge in [-0.15, -0.1) is 5.06 Å². The highest BCUT2D eigenvalue weighted by Crippen LogP contribution is 2.12. The molecule has 1 aliphatic heterocycles. The number of imide groups is 1. The predicted octanol–water partition coefficient (Wildman–Crippen LogP) is 2.06. The average Bonchev–Trinajstić information content (AvgIpc) is 3.07. The molecule has 0 radical (unpaired) electrons. The third-order valence-corrected chi connectivity index (χ3v) is 4.74. The van der Waals surface area contributed by atoms with Crippen molar-refractivity contribution >= 4 is 33.7 Å². The minimum Gasteiger partial charge on any atom is -0.379 e. The van der Waals surface area contributed by atoms with Crippen LogP contribution in [0.3, 0.4) is 0 Å². The second-order valence-electron chi connectivity index (χ2n) is 6.62. The summed E-state index contributed by atoms with van der Waals surface area (Å²) in [6.45, 7) is 3.38. The fourth-order valence-corrected chi connectivity index (χ4v) is 2.83. The summed E-state index contributed by atoms with van der Waals surface area (Å²) in [4.78, 5) is 39.0. The van der Waals surface area contributed by atoms with Gasteiger partial charge < -0.3 is 23.8 Å². The standard InChI is InChI=1S/C21H28BrNO8/c22-18-3-1-17(2-4-18)7-9-27-11-13-29-15-16-30-14-12-28-10-8-21(26)31-23-19(24)5-6-20(23)25/h1-4H,5-16H2. The van der Waals surface area contributed by atoms with E-state index in [-0.39, 0.29) is 25.9 Å². The largest absolute Gasteiger partial charge is 0.379 e. The van der Waals surface area contributed by atoms with Crippen LogP contribution in [-0.4, -0.2) is 75.7 Å². The summed E-state index contributed by atoms with van der Waals surface area (Å²) >= 11 is 3.41. The van der Waals surface area contributed by atoms with Crippen LogP contribution in [0.15, 0.2) is 28.7 Å². The highest BCUT2D eigenvalue weighted by Gasteiger charge is 2.32. The molecule has 0 bridgehead atoms. The summed E-state index contributed by atoms with van der Waals surface area (Å²) in [6.07, 6.45) is 0.956. The first-order chi connectivity index (χ1) is 15.1. The predicted molar refractivity (Wildman–Crippen MR) is 113 cm³/mol. The molecule has 1 aliphatic rings. The molecular formula is C21H28BrNO8. The Morgan fingerprint density at radius 2 is 1.26 bits per heavy atom. The van der Waals surface area contributed by atoms with Crippen LogP contribution in [0.25, 0.3) is 0 Å². The highest BCUT2D eigenvalue weighted by molar-refractivity contribution is 9.10. The molecule has 172 valence electrons. The molecule has 0 saturated carbocycles. The van der Waals surface area contributed by atoms with Crippen LogP contribution in [-0.2, 0) is 44.6 Å². The molecule has 0 unspecified atom stereocenters. The molecule has 0 N–H and O–H groups in total. The first kappa shape index (κ1) is 25.4. The lowest BCUT2D eigenvalue weighted by atomic mass is 10.2. The number of benzene rings is 1. The van der Waals surface area contributed by atoms with Gasteiger partial charge in [0.25, 0.3) is 11.8 Å². The number of hydrogen-bond donors (Lipinski definition) is 0. The molecule has 0 spiro atoms. The van der Waals surface area contributed by atoms with E-state index in [1.165, 1.54) is 5.56 Å². The number of amides is 2. The number of hydrogen-bond acceptors (Lipinski definition) is 8. The quantitative estimate of drug-likeness (QED) is 0.250. The van der Waals surface area contributed by atoms with Crippen molar-refractivity contribution in [3.05, 3.63) is 34.3 Å². The van der Waals surface area contributed by atoms with Crippen molar-refractivity contribution in [2.75, 3.05) is 52.9 Å². The van der Waals surface area contributed by atoms with Gasteiger partial charge in [-0.05, 0) is 24.1 Å². The first-order valence-corrected chi connectivity index (χ1v) is 11.0. The topological polar surface area (TPSA) is 101 Å². The van der Waals surface area contributed by atoms with E-state index in [2.05, 4.69) is 28.1 Å². The summed E-state index contributed by atoms with van der Waals surface area (Å²) in [5, 5.41) is 0.527. The Hall–Kier alpha value is -1.85. The summed E-state index contributed by atoms with van der Waals surface area (Å²) in [6, 6.07) is 8.16. The number of nitrogens with zero attached hydrogens (tertiary/aromatic N) is 1. The zero-order chi connectivity index (χ0) is 22.3. The minimum atomic E-state index is -0.683. The minimum absolute atomic E-state index is 0.0536. The van der Waals surface area contributed by atoms with Crippen LogP contribution in [0, 0.1) is 0 Å². The van der Waals surface area contributed by atoms with Crippen LogP contribution in [0.2, 0.25) is 0 Å². The molecule has 1 heterocycles. The van der Waals surface area contributed by atoms with E-state index in [0.717, 1.165) is 10.9 Å². The number of rotatable bonds is 16. The van der Waals surface area contributed by atoms with Crippen LogP contribution < -0.4 is 0 Å². The van der Waals surface area contributed by atoms with Gasteiger partial charge in [0.15, 0.2) is 0 Å². The Bertz CT molecular complexity index is 681. The van der Waals surface area contributed by atoms with E-state index in [0.29, 0.717) is 51.3 Å². The second kappa shape index (κ2) is 15.0. The van der Waals surface area contributed by atoms with Crippen molar-refractivity contribution in [3.8, 4) is 0 Å². The molecule has 0 aromatic heterocycles. The van der Waals surface area contributed by atoms with E-state index in [9.17, 15) is 14.4 Å². The molecule has 9 nitrogen and oxygen atoms in total. The lowest BCUT2D eigenvalue weighted by molar-refractivity contribution is -0.198.